The zero-order chi connectivity index (χ0) is 9.26. The van der Waals surface area contributed by atoms with Crippen molar-refractivity contribution in [3.05, 3.63) is 48.8 Å². The van der Waals surface area contributed by atoms with Gasteiger partial charge in [0.05, 0.1) is 0 Å². The summed E-state index contributed by atoms with van der Waals surface area (Å²) in [6, 6.07) is 8.31. The Bertz CT molecular complexity index is 457. The van der Waals surface area contributed by atoms with E-state index in [1.165, 1.54) is 16.3 Å². The summed E-state index contributed by atoms with van der Waals surface area (Å²) in [5.41, 5.74) is 2.29. The third kappa shape index (κ3) is 1.45. The second kappa shape index (κ2) is 3.02. The monoisotopic (exact) mass is 169 g/mol. The highest BCUT2D eigenvalue weighted by Crippen LogP contribution is 2.18. The zero-order valence-corrected chi connectivity index (χ0v) is 7.62. The molecule has 2 rings (SSSR count). The summed E-state index contributed by atoms with van der Waals surface area (Å²) in [6.45, 7) is 5.93. The second-order valence-electron chi connectivity index (χ2n) is 3.22. The Labute approximate surface area is 77.7 Å². The highest BCUT2D eigenvalue weighted by molar-refractivity contribution is 5.84. The van der Waals surface area contributed by atoms with Crippen molar-refractivity contribution in [1.82, 2.24) is 4.98 Å². The van der Waals surface area contributed by atoms with Gasteiger partial charge in [0.2, 0.25) is 0 Å². The molecule has 1 nitrogen and oxygen atoms in total. The highest BCUT2D eigenvalue weighted by Gasteiger charge is 1.95. The van der Waals surface area contributed by atoms with Gasteiger partial charge in [-0.25, -0.2) is 0 Å². The standard InChI is InChI=1S/C12H11N/c1-9(2)10-3-4-12-8-13-6-5-11(12)7-10/h3-8H,1H2,2H3. The van der Waals surface area contributed by atoms with Crippen molar-refractivity contribution in [1.29, 1.82) is 0 Å². The van der Waals surface area contributed by atoms with E-state index in [2.05, 4.69) is 29.8 Å². The molecule has 0 aliphatic carbocycles. The summed E-state index contributed by atoms with van der Waals surface area (Å²) in [5, 5.41) is 2.39. The fraction of sp³-hybridized carbons (Fsp3) is 0.0833. The van der Waals surface area contributed by atoms with Gasteiger partial charge >= 0.3 is 0 Å². The lowest BCUT2D eigenvalue weighted by atomic mass is 10.1. The van der Waals surface area contributed by atoms with E-state index in [1.54, 1.807) is 0 Å². The molecule has 0 amide bonds. The molecule has 0 radical (unpaired) electrons. The number of pyridine rings is 1. The Hall–Kier alpha value is -1.63. The molecule has 0 spiro atoms. The molecule has 0 fully saturated rings. The number of hydrogen-bond donors (Lipinski definition) is 0. The van der Waals surface area contributed by atoms with Gasteiger partial charge in [0.15, 0.2) is 0 Å². The van der Waals surface area contributed by atoms with Crippen LogP contribution in [0.25, 0.3) is 16.3 Å². The summed E-state index contributed by atoms with van der Waals surface area (Å²) in [4.78, 5) is 4.06. The van der Waals surface area contributed by atoms with Gasteiger partial charge in [0.1, 0.15) is 0 Å². The molecule has 0 saturated carbocycles. The molecule has 0 aliphatic heterocycles. The number of allylic oxidation sites excluding steroid dienone is 1. The molecule has 0 atom stereocenters. The first-order chi connectivity index (χ1) is 6.27. The van der Waals surface area contributed by atoms with Crippen molar-refractivity contribution >= 4 is 16.3 Å². The summed E-state index contributed by atoms with van der Waals surface area (Å²) in [6.07, 6.45) is 3.68. The summed E-state index contributed by atoms with van der Waals surface area (Å²) < 4.78 is 0. The smallest absolute Gasteiger partial charge is 0.0346 e. The Morgan fingerprint density at radius 1 is 1.23 bits per heavy atom. The van der Waals surface area contributed by atoms with Crippen molar-refractivity contribution < 1.29 is 0 Å². The summed E-state index contributed by atoms with van der Waals surface area (Å²) in [7, 11) is 0. The van der Waals surface area contributed by atoms with E-state index in [0.717, 1.165) is 5.57 Å². The molecule has 13 heavy (non-hydrogen) atoms. The molecule has 0 saturated heterocycles. The Kier molecular flexibility index (Phi) is 1.85. The van der Waals surface area contributed by atoms with E-state index in [-0.39, 0.29) is 0 Å². The Morgan fingerprint density at radius 2 is 2.08 bits per heavy atom. The molecule has 64 valence electrons. The zero-order valence-electron chi connectivity index (χ0n) is 7.62. The lowest BCUT2D eigenvalue weighted by Gasteiger charge is -2.01. The minimum Gasteiger partial charge on any atom is -0.264 e. The molecular weight excluding hydrogens is 158 g/mol. The van der Waals surface area contributed by atoms with Crippen molar-refractivity contribution in [2.45, 2.75) is 6.92 Å². The first-order valence-corrected chi connectivity index (χ1v) is 4.27. The van der Waals surface area contributed by atoms with Gasteiger partial charge in [-0.05, 0) is 30.0 Å². The minimum atomic E-state index is 1.10. The molecule has 0 bridgehead atoms. The summed E-state index contributed by atoms with van der Waals surface area (Å²) in [5.74, 6) is 0. The maximum absolute atomic E-state index is 4.06. The van der Waals surface area contributed by atoms with Crippen molar-refractivity contribution in [2.24, 2.45) is 0 Å². The molecule has 1 aromatic heterocycles. The number of hydrogen-bond acceptors (Lipinski definition) is 1. The fourth-order valence-electron chi connectivity index (χ4n) is 1.35. The Balaban J connectivity index is 2.69. The van der Waals surface area contributed by atoms with Gasteiger partial charge in [-0.1, -0.05) is 24.3 Å². The molecule has 0 N–H and O–H groups in total. The minimum absolute atomic E-state index is 1.10. The van der Waals surface area contributed by atoms with Crippen molar-refractivity contribution in [2.75, 3.05) is 0 Å². The van der Waals surface area contributed by atoms with Gasteiger partial charge in [-0.3, -0.25) is 4.98 Å². The van der Waals surface area contributed by atoms with Gasteiger partial charge < -0.3 is 0 Å². The van der Waals surface area contributed by atoms with Crippen LogP contribution in [0.4, 0.5) is 0 Å². The molecule has 0 aliphatic rings. The second-order valence-corrected chi connectivity index (χ2v) is 3.22. The molecular formula is C12H11N. The maximum Gasteiger partial charge on any atom is 0.0346 e. The van der Waals surface area contributed by atoms with E-state index < -0.39 is 0 Å². The predicted octanol–water partition coefficient (Wildman–Crippen LogP) is 3.27. The van der Waals surface area contributed by atoms with Crippen LogP contribution in [0.3, 0.4) is 0 Å². The van der Waals surface area contributed by atoms with Crippen LogP contribution in [0.2, 0.25) is 0 Å². The molecule has 0 unspecified atom stereocenters. The lowest BCUT2D eigenvalue weighted by molar-refractivity contribution is 1.36. The summed E-state index contributed by atoms with van der Waals surface area (Å²) >= 11 is 0. The normalized spacial score (nSPS) is 10.2. The third-order valence-corrected chi connectivity index (χ3v) is 2.13. The van der Waals surface area contributed by atoms with E-state index in [9.17, 15) is 0 Å². The average molecular weight is 169 g/mol. The van der Waals surface area contributed by atoms with E-state index in [4.69, 9.17) is 0 Å². The van der Waals surface area contributed by atoms with Crippen LogP contribution < -0.4 is 0 Å². The quantitative estimate of drug-likeness (QED) is 0.638. The van der Waals surface area contributed by atoms with Crippen LogP contribution >= 0.6 is 0 Å². The Morgan fingerprint density at radius 3 is 2.85 bits per heavy atom. The van der Waals surface area contributed by atoms with Crippen LogP contribution in [0, 0.1) is 0 Å². The molecule has 1 aromatic carbocycles. The molecule has 1 heteroatoms. The first kappa shape index (κ1) is 7.99. The average Bonchev–Trinajstić information content (AvgIpc) is 2.17. The number of aromatic nitrogens is 1. The highest BCUT2D eigenvalue weighted by atomic mass is 14.6. The number of fused-ring (bicyclic) bond motifs is 1. The van der Waals surface area contributed by atoms with Crippen LogP contribution in [0.5, 0.6) is 0 Å². The van der Waals surface area contributed by atoms with Gasteiger partial charge in [-0.15, -0.1) is 0 Å². The van der Waals surface area contributed by atoms with E-state index in [0.29, 0.717) is 0 Å². The van der Waals surface area contributed by atoms with Gasteiger partial charge in [0.25, 0.3) is 0 Å². The molecule has 1 heterocycles. The number of rotatable bonds is 1. The van der Waals surface area contributed by atoms with Gasteiger partial charge in [0, 0.05) is 17.8 Å². The fourth-order valence-corrected chi connectivity index (χ4v) is 1.35. The van der Waals surface area contributed by atoms with E-state index in [1.807, 2.05) is 25.4 Å². The maximum atomic E-state index is 4.06. The largest absolute Gasteiger partial charge is 0.264 e. The van der Waals surface area contributed by atoms with Crippen LogP contribution in [0.1, 0.15) is 12.5 Å². The number of benzene rings is 1. The predicted molar refractivity (Wildman–Crippen MR) is 56.5 cm³/mol. The topological polar surface area (TPSA) is 12.9 Å². The third-order valence-electron chi connectivity index (χ3n) is 2.13. The van der Waals surface area contributed by atoms with Gasteiger partial charge in [-0.2, -0.15) is 0 Å². The SMILES string of the molecule is C=C(C)c1ccc2cnccc2c1. The van der Waals surface area contributed by atoms with Crippen LogP contribution in [-0.2, 0) is 0 Å². The van der Waals surface area contributed by atoms with Crippen molar-refractivity contribution in [3.8, 4) is 0 Å². The first-order valence-electron chi connectivity index (χ1n) is 4.27. The van der Waals surface area contributed by atoms with Crippen LogP contribution in [0.15, 0.2) is 43.2 Å². The van der Waals surface area contributed by atoms with E-state index >= 15 is 0 Å². The molecule has 2 aromatic rings. The van der Waals surface area contributed by atoms with Crippen LogP contribution in [-0.4, -0.2) is 4.98 Å². The number of nitrogens with zero attached hydrogens (tertiary/aromatic N) is 1. The van der Waals surface area contributed by atoms with Crippen molar-refractivity contribution in [3.63, 3.8) is 0 Å². The lowest BCUT2D eigenvalue weighted by Crippen LogP contribution is -1.79.